The average Bonchev–Trinajstić information content (AvgIpc) is 2.83. The molecule has 0 amide bonds. The molecule has 2 unspecified atom stereocenters. The normalized spacial score (nSPS) is 14.1. The van der Waals surface area contributed by atoms with Crippen LogP contribution in [0.4, 0.5) is 0 Å². The third-order valence-electron chi connectivity index (χ3n) is 3.11. The summed E-state index contributed by atoms with van der Waals surface area (Å²) in [7, 11) is 1.67. The Balaban J connectivity index is 2.03. The minimum atomic E-state index is -0.314. The molecule has 0 aliphatic carbocycles. The molecular formula is C13H17N5O. The number of hydrogen-bond acceptors (Lipinski definition) is 5. The number of carbonyl (C=O) groups is 1. The Morgan fingerprint density at radius 2 is 2.05 bits per heavy atom. The first kappa shape index (κ1) is 13.4. The average molecular weight is 259 g/mol. The molecule has 19 heavy (non-hydrogen) atoms. The molecule has 2 aromatic rings. The Kier molecular flexibility index (Phi) is 4.01. The van der Waals surface area contributed by atoms with Gasteiger partial charge in [-0.3, -0.25) is 4.79 Å². The van der Waals surface area contributed by atoms with Crippen LogP contribution in [0.5, 0.6) is 0 Å². The van der Waals surface area contributed by atoms with Gasteiger partial charge in [0.25, 0.3) is 0 Å². The van der Waals surface area contributed by atoms with E-state index in [1.807, 2.05) is 37.3 Å². The van der Waals surface area contributed by atoms with E-state index in [4.69, 9.17) is 5.73 Å². The zero-order valence-electron chi connectivity index (χ0n) is 11.0. The standard InChI is InChI=1S/C13H17N5O/c1-9(13(14)10-6-4-3-5-7-10)11(19)8-12-15-17-18(2)16-12/h3-7,9,13H,8,14H2,1-2H3. The molecule has 1 heterocycles. The van der Waals surface area contributed by atoms with Crippen LogP contribution in [0.15, 0.2) is 30.3 Å². The molecule has 0 saturated carbocycles. The van der Waals surface area contributed by atoms with Crippen molar-refractivity contribution in [3.05, 3.63) is 41.7 Å². The minimum absolute atomic E-state index is 0.0179. The van der Waals surface area contributed by atoms with Gasteiger partial charge in [-0.05, 0) is 10.8 Å². The lowest BCUT2D eigenvalue weighted by Gasteiger charge is -2.18. The van der Waals surface area contributed by atoms with Crippen LogP contribution < -0.4 is 5.73 Å². The van der Waals surface area contributed by atoms with Gasteiger partial charge >= 0.3 is 0 Å². The molecule has 0 bridgehead atoms. The van der Waals surface area contributed by atoms with Gasteiger partial charge in [0, 0.05) is 12.0 Å². The minimum Gasteiger partial charge on any atom is -0.323 e. The molecule has 0 radical (unpaired) electrons. The van der Waals surface area contributed by atoms with Crippen LogP contribution in [0.2, 0.25) is 0 Å². The van der Waals surface area contributed by atoms with Crippen LogP contribution >= 0.6 is 0 Å². The van der Waals surface area contributed by atoms with Crippen molar-refractivity contribution in [3.63, 3.8) is 0 Å². The Hall–Kier alpha value is -2.08. The highest BCUT2D eigenvalue weighted by atomic mass is 16.1. The maximum Gasteiger partial charge on any atom is 0.182 e. The molecule has 1 aromatic carbocycles. The van der Waals surface area contributed by atoms with Crippen LogP contribution in [0, 0.1) is 5.92 Å². The quantitative estimate of drug-likeness (QED) is 0.852. The van der Waals surface area contributed by atoms with E-state index in [2.05, 4.69) is 15.4 Å². The number of benzene rings is 1. The fourth-order valence-corrected chi connectivity index (χ4v) is 1.88. The lowest BCUT2D eigenvalue weighted by atomic mass is 9.90. The fraction of sp³-hybridized carbons (Fsp3) is 0.385. The van der Waals surface area contributed by atoms with Crippen molar-refractivity contribution in [1.82, 2.24) is 20.2 Å². The lowest BCUT2D eigenvalue weighted by molar-refractivity contribution is -0.122. The van der Waals surface area contributed by atoms with Crippen molar-refractivity contribution in [3.8, 4) is 0 Å². The van der Waals surface area contributed by atoms with Crippen molar-refractivity contribution in [2.75, 3.05) is 0 Å². The van der Waals surface area contributed by atoms with Crippen LogP contribution in [0.1, 0.15) is 24.4 Å². The summed E-state index contributed by atoms with van der Waals surface area (Å²) in [5.41, 5.74) is 7.07. The molecule has 0 aliphatic rings. The molecule has 6 nitrogen and oxygen atoms in total. The number of tetrazole rings is 1. The van der Waals surface area contributed by atoms with Crippen molar-refractivity contribution in [2.45, 2.75) is 19.4 Å². The van der Waals surface area contributed by atoms with Crippen molar-refractivity contribution in [1.29, 1.82) is 0 Å². The number of nitrogens with zero attached hydrogens (tertiary/aromatic N) is 4. The number of carbonyl (C=O) groups excluding carboxylic acids is 1. The summed E-state index contributed by atoms with van der Waals surface area (Å²) in [6.45, 7) is 1.83. The largest absolute Gasteiger partial charge is 0.323 e. The Morgan fingerprint density at radius 3 is 2.63 bits per heavy atom. The summed E-state index contributed by atoms with van der Waals surface area (Å²) in [6.07, 6.45) is 0.162. The van der Waals surface area contributed by atoms with Gasteiger partial charge < -0.3 is 5.73 Å². The highest BCUT2D eigenvalue weighted by Gasteiger charge is 2.23. The third-order valence-corrected chi connectivity index (χ3v) is 3.11. The summed E-state index contributed by atoms with van der Waals surface area (Å²) in [4.78, 5) is 13.5. The van der Waals surface area contributed by atoms with Crippen LogP contribution in [-0.4, -0.2) is 26.0 Å². The van der Waals surface area contributed by atoms with Crippen LogP contribution in [0.25, 0.3) is 0 Å². The zero-order chi connectivity index (χ0) is 13.8. The first-order valence-electron chi connectivity index (χ1n) is 6.14. The van der Waals surface area contributed by atoms with Gasteiger partial charge in [-0.25, -0.2) is 0 Å². The van der Waals surface area contributed by atoms with Gasteiger partial charge in [0.1, 0.15) is 5.78 Å². The lowest BCUT2D eigenvalue weighted by Crippen LogP contribution is -2.27. The van der Waals surface area contributed by atoms with E-state index in [1.165, 1.54) is 4.80 Å². The van der Waals surface area contributed by atoms with Crippen molar-refractivity contribution in [2.24, 2.45) is 18.7 Å². The number of nitrogens with two attached hydrogens (primary N) is 1. The highest BCUT2D eigenvalue weighted by molar-refractivity contribution is 5.83. The third kappa shape index (κ3) is 3.23. The van der Waals surface area contributed by atoms with Crippen molar-refractivity contribution >= 4 is 5.78 Å². The predicted octanol–water partition coefficient (Wildman–Crippen LogP) is 0.658. The Bertz CT molecular complexity index is 551. The first-order chi connectivity index (χ1) is 9.08. The first-order valence-corrected chi connectivity index (χ1v) is 6.14. The van der Waals surface area contributed by atoms with Gasteiger partial charge in [-0.15, -0.1) is 10.2 Å². The fourth-order valence-electron chi connectivity index (χ4n) is 1.88. The number of Topliss-reactive ketones (excluding diaryl/α,β-unsaturated/α-hetero) is 1. The van der Waals surface area contributed by atoms with Gasteiger partial charge in [0.05, 0.1) is 13.5 Å². The SMILES string of the molecule is CC(C(=O)Cc1nnn(C)n1)C(N)c1ccccc1. The molecule has 0 spiro atoms. The van der Waals surface area contributed by atoms with Gasteiger partial charge in [0.15, 0.2) is 5.82 Å². The summed E-state index contributed by atoms with van der Waals surface area (Å²) in [6, 6.07) is 9.29. The van der Waals surface area contributed by atoms with Crippen LogP contribution in [0.3, 0.4) is 0 Å². The molecule has 0 saturated heterocycles. The number of aryl methyl sites for hydroxylation is 1. The number of rotatable bonds is 5. The Labute approximate surface area is 111 Å². The predicted molar refractivity (Wildman–Crippen MR) is 70.0 cm³/mol. The number of aromatic nitrogens is 4. The molecule has 100 valence electrons. The molecule has 2 N–H and O–H groups in total. The molecule has 2 rings (SSSR count). The summed E-state index contributed by atoms with van der Waals surface area (Å²) < 4.78 is 0. The van der Waals surface area contributed by atoms with E-state index < -0.39 is 0 Å². The topological polar surface area (TPSA) is 86.7 Å². The van der Waals surface area contributed by atoms with E-state index in [-0.39, 0.29) is 24.2 Å². The van der Waals surface area contributed by atoms with E-state index in [1.54, 1.807) is 7.05 Å². The maximum absolute atomic E-state index is 12.1. The smallest absolute Gasteiger partial charge is 0.182 e. The summed E-state index contributed by atoms with van der Waals surface area (Å²) in [5, 5.41) is 11.5. The van der Waals surface area contributed by atoms with Crippen LogP contribution in [-0.2, 0) is 18.3 Å². The van der Waals surface area contributed by atoms with E-state index in [0.717, 1.165) is 5.56 Å². The number of hydrogen-bond donors (Lipinski definition) is 1. The molecular weight excluding hydrogens is 242 g/mol. The molecule has 0 fully saturated rings. The second kappa shape index (κ2) is 5.71. The van der Waals surface area contributed by atoms with Gasteiger partial charge in [0.2, 0.25) is 0 Å². The van der Waals surface area contributed by atoms with E-state index in [0.29, 0.717) is 5.82 Å². The number of ketones is 1. The highest BCUT2D eigenvalue weighted by Crippen LogP contribution is 2.20. The second-order valence-electron chi connectivity index (χ2n) is 4.56. The molecule has 6 heteroatoms. The molecule has 0 aliphatic heterocycles. The Morgan fingerprint density at radius 1 is 1.37 bits per heavy atom. The summed E-state index contributed by atoms with van der Waals surface area (Å²) in [5.74, 6) is 0.162. The van der Waals surface area contributed by atoms with Gasteiger partial charge in [-0.1, -0.05) is 37.3 Å². The van der Waals surface area contributed by atoms with Crippen molar-refractivity contribution < 1.29 is 4.79 Å². The molecule has 2 atom stereocenters. The molecule has 1 aromatic heterocycles. The maximum atomic E-state index is 12.1. The van der Waals surface area contributed by atoms with Gasteiger partial charge in [-0.2, -0.15) is 4.80 Å². The van der Waals surface area contributed by atoms with E-state index in [9.17, 15) is 4.79 Å². The zero-order valence-corrected chi connectivity index (χ0v) is 11.0. The summed E-state index contributed by atoms with van der Waals surface area (Å²) >= 11 is 0. The monoisotopic (exact) mass is 259 g/mol. The van der Waals surface area contributed by atoms with E-state index >= 15 is 0 Å². The second-order valence-corrected chi connectivity index (χ2v) is 4.56.